The Morgan fingerprint density at radius 2 is 1.68 bits per heavy atom. The summed E-state index contributed by atoms with van der Waals surface area (Å²) in [6, 6.07) is 17.1. The van der Waals surface area contributed by atoms with E-state index in [0.29, 0.717) is 29.4 Å². The molecule has 7 heteroatoms. The van der Waals surface area contributed by atoms with E-state index in [-0.39, 0.29) is 29.8 Å². The zero-order valence-corrected chi connectivity index (χ0v) is 20.5. The maximum Gasteiger partial charge on any atom is 0.273 e. The third-order valence-electron chi connectivity index (χ3n) is 7.02. The molecular formula is C27H29ClN4O2. The van der Waals surface area contributed by atoms with Gasteiger partial charge in [-0.1, -0.05) is 55.8 Å². The first-order valence-corrected chi connectivity index (χ1v) is 12.3. The Bertz CT molecular complexity index is 1230. The van der Waals surface area contributed by atoms with Gasteiger partial charge in [-0.15, -0.1) is 0 Å². The van der Waals surface area contributed by atoms with Gasteiger partial charge in [0.25, 0.3) is 11.8 Å². The molecule has 5 rings (SSSR count). The normalized spacial score (nSPS) is 18.6. The van der Waals surface area contributed by atoms with Crippen LogP contribution in [0.1, 0.15) is 64.8 Å². The third kappa shape index (κ3) is 3.70. The highest BCUT2D eigenvalue weighted by molar-refractivity contribution is 6.33. The maximum absolute atomic E-state index is 13.9. The number of likely N-dealkylation sites (tertiary alicyclic amines) is 1. The summed E-state index contributed by atoms with van der Waals surface area (Å²) in [5.41, 5.74) is 4.05. The lowest BCUT2D eigenvalue weighted by Gasteiger charge is -2.41. The van der Waals surface area contributed by atoms with Gasteiger partial charge in [0.2, 0.25) is 0 Å². The summed E-state index contributed by atoms with van der Waals surface area (Å²) in [6.45, 7) is 7.52. The van der Waals surface area contributed by atoms with Crippen LogP contribution in [0.4, 0.5) is 0 Å². The zero-order valence-electron chi connectivity index (χ0n) is 19.7. The molecule has 3 aromatic rings. The number of rotatable bonds is 4. The number of aromatic nitrogens is 2. The van der Waals surface area contributed by atoms with Crippen LogP contribution in [-0.4, -0.2) is 50.5 Å². The van der Waals surface area contributed by atoms with Crippen LogP contribution < -0.4 is 0 Å². The van der Waals surface area contributed by atoms with Gasteiger partial charge in [0.1, 0.15) is 5.69 Å². The zero-order chi connectivity index (χ0) is 24.0. The number of benzene rings is 2. The van der Waals surface area contributed by atoms with Crippen molar-refractivity contribution >= 4 is 23.4 Å². The van der Waals surface area contributed by atoms with Gasteiger partial charge < -0.3 is 9.80 Å². The smallest absolute Gasteiger partial charge is 0.273 e. The van der Waals surface area contributed by atoms with E-state index >= 15 is 0 Å². The number of carbonyl (C=O) groups excluding carboxylic acids is 2. The molecule has 0 saturated carbocycles. The van der Waals surface area contributed by atoms with Crippen molar-refractivity contribution in [2.75, 3.05) is 13.1 Å². The van der Waals surface area contributed by atoms with Gasteiger partial charge >= 0.3 is 0 Å². The number of carbonyl (C=O) groups is 2. The van der Waals surface area contributed by atoms with Crippen molar-refractivity contribution in [2.45, 2.75) is 45.7 Å². The molecule has 6 nitrogen and oxygen atoms in total. The molecule has 2 aliphatic heterocycles. The van der Waals surface area contributed by atoms with Crippen molar-refractivity contribution in [1.29, 1.82) is 0 Å². The Balaban J connectivity index is 1.40. The molecule has 1 atom stereocenters. The molecule has 2 aliphatic rings. The first-order chi connectivity index (χ1) is 16.4. The van der Waals surface area contributed by atoms with Gasteiger partial charge in [-0.2, -0.15) is 5.10 Å². The second kappa shape index (κ2) is 8.91. The van der Waals surface area contributed by atoms with Crippen LogP contribution >= 0.6 is 11.6 Å². The number of piperidine rings is 1. The van der Waals surface area contributed by atoms with Gasteiger partial charge in [0.15, 0.2) is 0 Å². The lowest BCUT2D eigenvalue weighted by Crippen LogP contribution is -2.49. The van der Waals surface area contributed by atoms with Crippen LogP contribution in [0.15, 0.2) is 54.6 Å². The molecule has 3 heterocycles. The summed E-state index contributed by atoms with van der Waals surface area (Å²) in [7, 11) is 0. The highest BCUT2D eigenvalue weighted by Crippen LogP contribution is 2.44. The molecule has 0 spiro atoms. The largest absolute Gasteiger partial charge is 0.338 e. The van der Waals surface area contributed by atoms with E-state index in [9.17, 15) is 9.59 Å². The van der Waals surface area contributed by atoms with E-state index < -0.39 is 0 Å². The molecule has 1 saturated heterocycles. The number of hydrogen-bond acceptors (Lipinski definition) is 3. The highest BCUT2D eigenvalue weighted by atomic mass is 35.5. The van der Waals surface area contributed by atoms with E-state index in [1.807, 2.05) is 54.3 Å². The Labute approximate surface area is 205 Å². The number of halogens is 1. The molecular weight excluding hydrogens is 448 g/mol. The monoisotopic (exact) mass is 476 g/mol. The van der Waals surface area contributed by atoms with Crippen molar-refractivity contribution in [3.05, 3.63) is 82.1 Å². The summed E-state index contributed by atoms with van der Waals surface area (Å²) in [6.07, 6.45) is 1.49. The lowest BCUT2D eigenvalue weighted by atomic mass is 9.93. The van der Waals surface area contributed by atoms with Gasteiger partial charge in [-0.05, 0) is 49.9 Å². The summed E-state index contributed by atoms with van der Waals surface area (Å²) in [5.74, 6) is 0.241. The van der Waals surface area contributed by atoms with Crippen LogP contribution in [0.2, 0.25) is 5.02 Å². The molecule has 176 valence electrons. The Morgan fingerprint density at radius 3 is 2.32 bits per heavy atom. The standard InChI is InChI=1S/C27H29ClN4O2/c1-17(2)24-23-18(3)29-32(20-9-5-4-6-10-20)25(23)27(34)31(24)19-13-15-30(16-14-19)26(33)21-11-7-8-12-22(21)28/h4-12,17,19,24H,13-16H2,1-3H3. The van der Waals surface area contributed by atoms with E-state index in [4.69, 9.17) is 16.7 Å². The number of fused-ring (bicyclic) bond motifs is 1. The molecule has 0 N–H and O–H groups in total. The molecule has 0 aliphatic carbocycles. The third-order valence-corrected chi connectivity index (χ3v) is 7.35. The quantitative estimate of drug-likeness (QED) is 0.514. The fourth-order valence-electron chi connectivity index (χ4n) is 5.44. The van der Waals surface area contributed by atoms with E-state index in [0.717, 1.165) is 29.8 Å². The number of nitrogens with zero attached hydrogens (tertiary/aromatic N) is 4. The summed E-state index contributed by atoms with van der Waals surface area (Å²) in [5, 5.41) is 5.22. The van der Waals surface area contributed by atoms with Crippen molar-refractivity contribution in [3.8, 4) is 5.69 Å². The highest BCUT2D eigenvalue weighted by Gasteiger charge is 2.47. The van der Waals surface area contributed by atoms with Gasteiger partial charge in [-0.3, -0.25) is 9.59 Å². The van der Waals surface area contributed by atoms with Crippen molar-refractivity contribution in [3.63, 3.8) is 0 Å². The van der Waals surface area contributed by atoms with E-state index in [2.05, 4.69) is 18.7 Å². The van der Waals surface area contributed by atoms with Crippen LogP contribution in [0.5, 0.6) is 0 Å². The molecule has 0 bridgehead atoms. The molecule has 2 aromatic carbocycles. The average Bonchev–Trinajstić information content (AvgIpc) is 3.35. The second-order valence-electron chi connectivity index (χ2n) is 9.50. The number of hydrogen-bond donors (Lipinski definition) is 0. The predicted octanol–water partition coefficient (Wildman–Crippen LogP) is 5.29. The van der Waals surface area contributed by atoms with Gasteiger partial charge in [-0.25, -0.2) is 4.68 Å². The Kier molecular flexibility index (Phi) is 5.94. The predicted molar refractivity (Wildman–Crippen MR) is 132 cm³/mol. The fraction of sp³-hybridized carbons (Fsp3) is 0.370. The molecule has 2 amide bonds. The minimum atomic E-state index is -0.0453. The minimum absolute atomic E-state index is 0.0178. The molecule has 1 unspecified atom stereocenters. The topological polar surface area (TPSA) is 58.4 Å². The van der Waals surface area contributed by atoms with Crippen LogP contribution in [0, 0.1) is 12.8 Å². The molecule has 0 radical (unpaired) electrons. The fourth-order valence-corrected chi connectivity index (χ4v) is 5.66. The first-order valence-electron chi connectivity index (χ1n) is 11.9. The van der Waals surface area contributed by atoms with Gasteiger partial charge in [0, 0.05) is 24.7 Å². The van der Waals surface area contributed by atoms with Gasteiger partial charge in [0.05, 0.1) is 28.0 Å². The minimum Gasteiger partial charge on any atom is -0.338 e. The summed E-state index contributed by atoms with van der Waals surface area (Å²) >= 11 is 6.25. The van der Waals surface area contributed by atoms with Crippen LogP contribution in [0.3, 0.4) is 0 Å². The summed E-state index contributed by atoms with van der Waals surface area (Å²) in [4.78, 5) is 30.8. The van der Waals surface area contributed by atoms with E-state index in [1.54, 1.807) is 16.8 Å². The average molecular weight is 477 g/mol. The Morgan fingerprint density at radius 1 is 1.03 bits per heavy atom. The molecule has 1 aromatic heterocycles. The second-order valence-corrected chi connectivity index (χ2v) is 9.91. The molecule has 34 heavy (non-hydrogen) atoms. The lowest BCUT2D eigenvalue weighted by molar-refractivity contribution is 0.0393. The maximum atomic E-state index is 13.9. The van der Waals surface area contributed by atoms with Crippen LogP contribution in [-0.2, 0) is 0 Å². The SMILES string of the molecule is Cc1nn(-c2ccccc2)c2c1C(C(C)C)N(C1CCN(C(=O)c3ccccc3Cl)CC1)C2=O. The first kappa shape index (κ1) is 22.7. The van der Waals surface area contributed by atoms with E-state index in [1.165, 1.54) is 0 Å². The number of para-hydroxylation sites is 1. The summed E-state index contributed by atoms with van der Waals surface area (Å²) < 4.78 is 1.80. The van der Waals surface area contributed by atoms with Crippen molar-refractivity contribution < 1.29 is 9.59 Å². The molecule has 1 fully saturated rings. The van der Waals surface area contributed by atoms with Crippen molar-refractivity contribution in [1.82, 2.24) is 19.6 Å². The Hall–Kier alpha value is -3.12. The van der Waals surface area contributed by atoms with Crippen molar-refractivity contribution in [2.24, 2.45) is 5.92 Å². The number of aryl methyl sites for hydroxylation is 1. The van der Waals surface area contributed by atoms with Crippen LogP contribution in [0.25, 0.3) is 5.69 Å². The number of amides is 2.